The van der Waals surface area contributed by atoms with Gasteiger partial charge in [-0.3, -0.25) is 37.3 Å². The third-order valence-electron chi connectivity index (χ3n) is 21.5. The van der Waals surface area contributed by atoms with Crippen molar-refractivity contribution in [3.8, 4) is 0 Å². The van der Waals surface area contributed by atoms with Gasteiger partial charge in [-0.15, -0.1) is 0 Å². The molecule has 2 unspecified atom stereocenters. The summed E-state index contributed by atoms with van der Waals surface area (Å²) in [5.74, 6) is -1.27. The standard InChI is InChI=1S/C91H178O17P2/c1-6-9-12-15-18-21-24-27-29-30-31-32-33-34-39-43-47-52-57-62-67-72-77-91(96)108-87(81-102-89(94)75-70-65-60-55-50-45-42-38-36-35-37-41-44-48-53-58-63-68-73-84(4)5)83-106-110(99,100)104-79-85(92)78-103-109(97,98)105-82-86(80-101-88(93)74-69-64-59-54-49-26-23-20-17-14-11-8-3)107-90(95)76-71-66-61-56-51-46-40-28-25-22-19-16-13-10-7-2/h84-87,92H,6-83H2,1-5H3,(H,97,98)(H,99,100)/t85-,86+,87+/m0/s1. The van der Waals surface area contributed by atoms with Crippen molar-refractivity contribution in [3.63, 3.8) is 0 Å². The fraction of sp³-hybridized carbons (Fsp3) is 0.956. The molecule has 0 aliphatic rings. The Bertz CT molecular complexity index is 2080. The van der Waals surface area contributed by atoms with Crippen LogP contribution in [-0.4, -0.2) is 96.7 Å². The van der Waals surface area contributed by atoms with Crippen LogP contribution >= 0.6 is 15.6 Å². The summed E-state index contributed by atoms with van der Waals surface area (Å²) >= 11 is 0. The number of hydrogen-bond donors (Lipinski definition) is 3. The minimum absolute atomic E-state index is 0.109. The highest BCUT2D eigenvalue weighted by atomic mass is 31.2. The van der Waals surface area contributed by atoms with Gasteiger partial charge in [0.2, 0.25) is 0 Å². The molecule has 0 radical (unpaired) electrons. The quantitative estimate of drug-likeness (QED) is 0.0222. The summed E-state index contributed by atoms with van der Waals surface area (Å²) in [6, 6.07) is 0. The number of carbonyl (C=O) groups excluding carboxylic acids is 4. The zero-order valence-corrected chi connectivity index (χ0v) is 74.2. The lowest BCUT2D eigenvalue weighted by Crippen LogP contribution is -2.30. The Balaban J connectivity index is 5.23. The fourth-order valence-electron chi connectivity index (χ4n) is 14.4. The monoisotopic (exact) mass is 1610 g/mol. The lowest BCUT2D eigenvalue weighted by Gasteiger charge is -2.21. The summed E-state index contributed by atoms with van der Waals surface area (Å²) < 4.78 is 69.1. The maximum Gasteiger partial charge on any atom is 0.472 e. The Labute approximate surface area is 677 Å². The van der Waals surface area contributed by atoms with Crippen molar-refractivity contribution in [2.24, 2.45) is 5.92 Å². The number of hydrogen-bond acceptors (Lipinski definition) is 15. The highest BCUT2D eigenvalue weighted by Crippen LogP contribution is 2.45. The molecule has 19 heteroatoms. The Morgan fingerprint density at radius 3 is 0.618 bits per heavy atom. The van der Waals surface area contributed by atoms with Gasteiger partial charge in [0, 0.05) is 25.7 Å². The van der Waals surface area contributed by atoms with Crippen molar-refractivity contribution in [2.75, 3.05) is 39.6 Å². The van der Waals surface area contributed by atoms with Gasteiger partial charge in [-0.25, -0.2) is 9.13 Å². The molecule has 3 N–H and O–H groups in total. The lowest BCUT2D eigenvalue weighted by atomic mass is 10.0. The number of aliphatic hydroxyl groups excluding tert-OH is 1. The summed E-state index contributed by atoms with van der Waals surface area (Å²) in [6.45, 7) is 7.43. The predicted octanol–water partition coefficient (Wildman–Crippen LogP) is 28.3. The van der Waals surface area contributed by atoms with Crippen LogP contribution < -0.4 is 0 Å². The molecule has 0 spiro atoms. The molecule has 0 rings (SSSR count). The van der Waals surface area contributed by atoms with Crippen molar-refractivity contribution in [1.82, 2.24) is 0 Å². The van der Waals surface area contributed by atoms with Crippen molar-refractivity contribution in [2.45, 2.75) is 515 Å². The number of esters is 4. The van der Waals surface area contributed by atoms with Crippen molar-refractivity contribution >= 4 is 39.5 Å². The second kappa shape index (κ2) is 83.5. The maximum absolute atomic E-state index is 13.2. The normalized spacial score (nSPS) is 13.7. The van der Waals surface area contributed by atoms with E-state index < -0.39 is 97.5 Å². The van der Waals surface area contributed by atoms with Crippen molar-refractivity contribution in [1.29, 1.82) is 0 Å². The van der Waals surface area contributed by atoms with E-state index in [2.05, 4.69) is 34.6 Å². The van der Waals surface area contributed by atoms with Crippen LogP contribution in [0.5, 0.6) is 0 Å². The number of rotatable bonds is 91. The lowest BCUT2D eigenvalue weighted by molar-refractivity contribution is -0.161. The van der Waals surface area contributed by atoms with Gasteiger partial charge < -0.3 is 33.8 Å². The number of aliphatic hydroxyl groups is 1. The molecule has 654 valence electrons. The molecule has 0 aliphatic carbocycles. The Morgan fingerprint density at radius 2 is 0.418 bits per heavy atom. The summed E-state index contributed by atoms with van der Waals surface area (Å²) in [5.41, 5.74) is 0. The average molecular weight is 1610 g/mol. The van der Waals surface area contributed by atoms with E-state index in [-0.39, 0.29) is 25.7 Å². The third-order valence-corrected chi connectivity index (χ3v) is 23.4. The summed E-state index contributed by atoms with van der Waals surface area (Å²) in [5, 5.41) is 10.7. The van der Waals surface area contributed by atoms with Crippen LogP contribution in [0.3, 0.4) is 0 Å². The first-order valence-electron chi connectivity index (χ1n) is 47.1. The van der Waals surface area contributed by atoms with Crippen LogP contribution in [0.25, 0.3) is 0 Å². The highest BCUT2D eigenvalue weighted by molar-refractivity contribution is 7.47. The van der Waals surface area contributed by atoms with Crippen LogP contribution in [0.1, 0.15) is 497 Å². The third kappa shape index (κ3) is 84.0. The topological polar surface area (TPSA) is 237 Å². The van der Waals surface area contributed by atoms with Gasteiger partial charge in [0.15, 0.2) is 12.2 Å². The Morgan fingerprint density at radius 1 is 0.245 bits per heavy atom. The van der Waals surface area contributed by atoms with E-state index in [0.717, 1.165) is 95.8 Å². The molecular formula is C91H178O17P2. The van der Waals surface area contributed by atoms with E-state index in [0.29, 0.717) is 25.7 Å². The van der Waals surface area contributed by atoms with Gasteiger partial charge in [-0.2, -0.15) is 0 Å². The van der Waals surface area contributed by atoms with Crippen LogP contribution in [0.4, 0.5) is 0 Å². The number of ether oxygens (including phenoxy) is 4. The van der Waals surface area contributed by atoms with Crippen LogP contribution in [0.15, 0.2) is 0 Å². The number of unbranched alkanes of at least 4 members (excludes halogenated alkanes) is 63. The molecule has 0 aromatic heterocycles. The van der Waals surface area contributed by atoms with Crippen molar-refractivity contribution in [3.05, 3.63) is 0 Å². The molecule has 0 fully saturated rings. The fourth-order valence-corrected chi connectivity index (χ4v) is 15.9. The van der Waals surface area contributed by atoms with Gasteiger partial charge >= 0.3 is 39.5 Å². The van der Waals surface area contributed by atoms with E-state index in [4.69, 9.17) is 37.0 Å². The second-order valence-electron chi connectivity index (χ2n) is 33.2. The maximum atomic E-state index is 13.2. The van der Waals surface area contributed by atoms with E-state index in [1.54, 1.807) is 0 Å². The van der Waals surface area contributed by atoms with Gasteiger partial charge in [-0.1, -0.05) is 446 Å². The molecule has 110 heavy (non-hydrogen) atoms. The molecule has 0 aromatic carbocycles. The van der Waals surface area contributed by atoms with E-state index >= 15 is 0 Å². The number of phosphoric acid groups is 2. The first-order chi connectivity index (χ1) is 53.5. The Hall–Kier alpha value is -1.94. The molecule has 17 nitrogen and oxygen atoms in total. The molecule has 0 amide bonds. The number of phosphoric ester groups is 2. The highest BCUT2D eigenvalue weighted by Gasteiger charge is 2.31. The van der Waals surface area contributed by atoms with Gasteiger partial charge in [-0.05, 0) is 31.6 Å². The van der Waals surface area contributed by atoms with Gasteiger partial charge in [0.25, 0.3) is 0 Å². The molecule has 5 atom stereocenters. The van der Waals surface area contributed by atoms with Crippen LogP contribution in [0, 0.1) is 5.92 Å². The largest absolute Gasteiger partial charge is 0.472 e. The minimum Gasteiger partial charge on any atom is -0.462 e. The first kappa shape index (κ1) is 108. The predicted molar refractivity (Wildman–Crippen MR) is 455 cm³/mol. The number of carbonyl (C=O) groups is 4. The average Bonchev–Trinajstić information content (AvgIpc) is 0.899. The summed E-state index contributed by atoms with van der Waals surface area (Å²) in [7, 11) is -9.93. The molecule has 0 bridgehead atoms. The second-order valence-corrected chi connectivity index (χ2v) is 36.1. The van der Waals surface area contributed by atoms with E-state index in [1.165, 1.54) is 321 Å². The van der Waals surface area contributed by atoms with Crippen LogP contribution in [-0.2, 0) is 65.4 Å². The van der Waals surface area contributed by atoms with Crippen molar-refractivity contribution < 1.29 is 80.2 Å². The molecular weight excluding hydrogens is 1430 g/mol. The van der Waals surface area contributed by atoms with Gasteiger partial charge in [0.05, 0.1) is 26.4 Å². The first-order valence-corrected chi connectivity index (χ1v) is 50.1. The molecule has 0 heterocycles. The molecule has 0 saturated heterocycles. The zero-order chi connectivity index (χ0) is 80.4. The van der Waals surface area contributed by atoms with E-state index in [1.807, 2.05) is 0 Å². The smallest absolute Gasteiger partial charge is 0.462 e. The van der Waals surface area contributed by atoms with Crippen LogP contribution in [0.2, 0.25) is 0 Å². The summed E-state index contributed by atoms with van der Waals surface area (Å²) in [4.78, 5) is 73.4. The zero-order valence-electron chi connectivity index (χ0n) is 72.4. The van der Waals surface area contributed by atoms with Gasteiger partial charge in [0.1, 0.15) is 19.3 Å². The minimum atomic E-state index is -4.97. The Kier molecular flexibility index (Phi) is 82.1. The molecule has 0 aliphatic heterocycles. The van der Waals surface area contributed by atoms with E-state index in [9.17, 15) is 43.2 Å². The SMILES string of the molecule is CCCCCCCCCCCCCCCCCCCCCCCCC(=O)O[C@H](COC(=O)CCCCCCCCCCCCCCCCCCCCC(C)C)COP(=O)(O)OC[C@@H](O)COP(=O)(O)OC[C@@H](COC(=O)CCCCCCCCCCCCCC)OC(=O)CCCCCCCCCCCCCCCCC. The summed E-state index contributed by atoms with van der Waals surface area (Å²) in [6.07, 6.45) is 79.2. The molecule has 0 aromatic rings. The molecule has 0 saturated carbocycles.